The van der Waals surface area contributed by atoms with Gasteiger partial charge in [0, 0.05) is 18.1 Å². The largest absolute Gasteiger partial charge is 0.493 e. The second kappa shape index (κ2) is 8.66. The smallest absolute Gasteiger partial charge is 0.242 e. The Morgan fingerprint density at radius 2 is 1.72 bits per heavy atom. The van der Waals surface area contributed by atoms with Gasteiger partial charge in [-0.1, -0.05) is 28.1 Å². The van der Waals surface area contributed by atoms with Crippen LogP contribution < -0.4 is 9.47 Å². The minimum Gasteiger partial charge on any atom is -0.493 e. The highest BCUT2D eigenvalue weighted by atomic mass is 79.9. The number of halogens is 1. The number of rotatable bonds is 8. The molecule has 0 spiro atoms. The van der Waals surface area contributed by atoms with E-state index in [1.807, 2.05) is 0 Å². The first-order valence-electron chi connectivity index (χ1n) is 7.50. The van der Waals surface area contributed by atoms with Crippen molar-refractivity contribution in [2.45, 2.75) is 11.0 Å². The highest BCUT2D eigenvalue weighted by Gasteiger charge is 2.23. The summed E-state index contributed by atoms with van der Waals surface area (Å²) < 4.78 is 37.6. The first-order chi connectivity index (χ1) is 11.8. The van der Waals surface area contributed by atoms with Crippen LogP contribution in [-0.4, -0.2) is 51.2 Å². The summed E-state index contributed by atoms with van der Waals surface area (Å²) in [6.07, 6.45) is -0.986. The first kappa shape index (κ1) is 19.7. The molecule has 1 unspecified atom stereocenters. The van der Waals surface area contributed by atoms with Gasteiger partial charge in [-0.2, -0.15) is 4.31 Å². The molecule has 2 rings (SSSR count). The zero-order chi connectivity index (χ0) is 18.4. The zero-order valence-electron chi connectivity index (χ0n) is 13.9. The number of hydrogen-bond acceptors (Lipinski definition) is 5. The maximum atomic E-state index is 12.5. The van der Waals surface area contributed by atoms with E-state index in [0.717, 1.165) is 8.78 Å². The number of ether oxygens (including phenoxy) is 2. The molecule has 0 amide bonds. The van der Waals surface area contributed by atoms with Gasteiger partial charge < -0.3 is 14.6 Å². The van der Waals surface area contributed by atoms with Crippen molar-refractivity contribution in [2.75, 3.05) is 27.3 Å². The van der Waals surface area contributed by atoms with Crippen LogP contribution in [0.15, 0.2) is 57.9 Å². The molecule has 0 aromatic heterocycles. The number of sulfonamides is 1. The van der Waals surface area contributed by atoms with Gasteiger partial charge in [-0.3, -0.25) is 0 Å². The predicted molar refractivity (Wildman–Crippen MR) is 98.5 cm³/mol. The summed E-state index contributed by atoms with van der Waals surface area (Å²) >= 11 is 3.27. The summed E-state index contributed by atoms with van der Waals surface area (Å²) in [7, 11) is -0.729. The molecular formula is C17H20BrNO5S. The molecule has 2 aromatic carbocycles. The van der Waals surface area contributed by atoms with E-state index >= 15 is 0 Å². The van der Waals surface area contributed by atoms with E-state index in [0.29, 0.717) is 11.5 Å². The normalized spacial score (nSPS) is 12.8. The van der Waals surface area contributed by atoms with Gasteiger partial charge in [0.2, 0.25) is 10.0 Å². The van der Waals surface area contributed by atoms with Gasteiger partial charge in [0.25, 0.3) is 0 Å². The van der Waals surface area contributed by atoms with Gasteiger partial charge >= 0.3 is 0 Å². The summed E-state index contributed by atoms with van der Waals surface area (Å²) in [5.74, 6) is 1.04. The molecule has 0 saturated carbocycles. The van der Waals surface area contributed by atoms with Gasteiger partial charge in [-0.15, -0.1) is 0 Å². The molecule has 0 aliphatic rings. The highest BCUT2D eigenvalue weighted by Crippen LogP contribution is 2.26. The van der Waals surface area contributed by atoms with Gasteiger partial charge in [0.1, 0.15) is 12.7 Å². The summed E-state index contributed by atoms with van der Waals surface area (Å²) in [6, 6.07) is 13.4. The van der Waals surface area contributed by atoms with E-state index < -0.39 is 16.1 Å². The third-order valence-electron chi connectivity index (χ3n) is 3.49. The number of hydrogen-bond donors (Lipinski definition) is 1. The lowest BCUT2D eigenvalue weighted by atomic mass is 10.3. The fourth-order valence-corrected chi connectivity index (χ4v) is 3.63. The molecule has 0 radical (unpaired) electrons. The van der Waals surface area contributed by atoms with Crippen LogP contribution in [0, 0.1) is 0 Å². The minimum atomic E-state index is -3.67. The van der Waals surface area contributed by atoms with Gasteiger partial charge in [0.15, 0.2) is 11.5 Å². The lowest BCUT2D eigenvalue weighted by Gasteiger charge is -2.21. The van der Waals surface area contributed by atoms with Crippen LogP contribution in [0.1, 0.15) is 0 Å². The summed E-state index contributed by atoms with van der Waals surface area (Å²) in [5, 5.41) is 10.1. The number of nitrogens with zero attached hydrogens (tertiary/aromatic N) is 1. The Kier molecular flexibility index (Phi) is 6.83. The van der Waals surface area contributed by atoms with Crippen molar-refractivity contribution in [1.29, 1.82) is 0 Å². The van der Waals surface area contributed by atoms with Crippen molar-refractivity contribution in [1.82, 2.24) is 4.31 Å². The topological polar surface area (TPSA) is 76.1 Å². The third-order valence-corrected chi connectivity index (χ3v) is 5.86. The van der Waals surface area contributed by atoms with Crippen LogP contribution in [0.3, 0.4) is 0 Å². The molecule has 25 heavy (non-hydrogen) atoms. The maximum absolute atomic E-state index is 12.5. The number of para-hydroxylation sites is 2. The van der Waals surface area contributed by atoms with Crippen LogP contribution >= 0.6 is 15.9 Å². The van der Waals surface area contributed by atoms with E-state index in [4.69, 9.17) is 9.47 Å². The Morgan fingerprint density at radius 3 is 2.32 bits per heavy atom. The fraction of sp³-hybridized carbons (Fsp3) is 0.294. The summed E-state index contributed by atoms with van der Waals surface area (Å²) in [6.45, 7) is -0.145. The molecule has 0 aliphatic carbocycles. The van der Waals surface area contributed by atoms with Gasteiger partial charge in [-0.25, -0.2) is 8.42 Å². The number of aliphatic hydroxyl groups excluding tert-OH is 1. The van der Waals surface area contributed by atoms with Gasteiger partial charge in [0.05, 0.1) is 12.0 Å². The van der Waals surface area contributed by atoms with Crippen molar-refractivity contribution in [3.05, 3.63) is 53.0 Å². The molecule has 0 bridgehead atoms. The molecule has 0 heterocycles. The molecule has 0 aliphatic heterocycles. The first-order valence-corrected chi connectivity index (χ1v) is 9.73. The molecule has 0 fully saturated rings. The average Bonchev–Trinajstić information content (AvgIpc) is 2.60. The van der Waals surface area contributed by atoms with Crippen LogP contribution in [0.4, 0.5) is 0 Å². The van der Waals surface area contributed by atoms with Crippen molar-refractivity contribution >= 4 is 26.0 Å². The Balaban J connectivity index is 1.97. The van der Waals surface area contributed by atoms with Crippen LogP contribution in [0.2, 0.25) is 0 Å². The molecular weight excluding hydrogens is 410 g/mol. The molecule has 136 valence electrons. The lowest BCUT2D eigenvalue weighted by Crippen LogP contribution is -2.37. The van der Waals surface area contributed by atoms with Crippen molar-refractivity contribution < 1.29 is 23.0 Å². The highest BCUT2D eigenvalue weighted by molar-refractivity contribution is 9.10. The van der Waals surface area contributed by atoms with E-state index in [-0.39, 0.29) is 18.0 Å². The summed E-state index contributed by atoms with van der Waals surface area (Å²) in [4.78, 5) is 0.163. The van der Waals surface area contributed by atoms with Crippen molar-refractivity contribution in [3.63, 3.8) is 0 Å². The molecule has 0 saturated heterocycles. The van der Waals surface area contributed by atoms with E-state index in [1.54, 1.807) is 36.4 Å². The molecule has 2 aromatic rings. The van der Waals surface area contributed by atoms with Crippen molar-refractivity contribution in [3.8, 4) is 11.5 Å². The Bertz CT molecular complexity index is 795. The molecule has 1 atom stereocenters. The predicted octanol–water partition coefficient (Wildman–Crippen LogP) is 2.52. The van der Waals surface area contributed by atoms with E-state index in [1.165, 1.54) is 26.3 Å². The number of aliphatic hydroxyl groups is 1. The monoisotopic (exact) mass is 429 g/mol. The van der Waals surface area contributed by atoms with E-state index in [2.05, 4.69) is 15.9 Å². The third kappa shape index (κ3) is 5.18. The summed E-state index contributed by atoms with van der Waals surface area (Å²) in [5.41, 5.74) is 0. The van der Waals surface area contributed by atoms with Crippen LogP contribution in [-0.2, 0) is 10.0 Å². The quantitative estimate of drug-likeness (QED) is 0.697. The molecule has 1 N–H and O–H groups in total. The maximum Gasteiger partial charge on any atom is 0.242 e. The Labute approximate surface area is 156 Å². The van der Waals surface area contributed by atoms with Crippen LogP contribution in [0.25, 0.3) is 0 Å². The number of methoxy groups -OCH3 is 1. The van der Waals surface area contributed by atoms with Crippen molar-refractivity contribution in [2.24, 2.45) is 0 Å². The average molecular weight is 430 g/mol. The Morgan fingerprint density at radius 1 is 1.12 bits per heavy atom. The number of benzene rings is 2. The number of likely N-dealkylation sites (N-methyl/N-ethyl adjacent to an activating group) is 1. The lowest BCUT2D eigenvalue weighted by molar-refractivity contribution is 0.0921. The minimum absolute atomic E-state index is 0.0550. The standard InChI is InChI=1S/C17H20BrNO5S/c1-19(25(21,22)15-9-7-13(18)8-10-15)11-14(20)12-24-17-6-4-3-5-16(17)23-2/h3-10,14,20H,11-12H2,1-2H3. The van der Waals surface area contributed by atoms with Gasteiger partial charge in [-0.05, 0) is 36.4 Å². The van der Waals surface area contributed by atoms with Crippen LogP contribution in [0.5, 0.6) is 11.5 Å². The zero-order valence-corrected chi connectivity index (χ0v) is 16.3. The second-order valence-electron chi connectivity index (χ2n) is 5.36. The molecule has 6 nitrogen and oxygen atoms in total. The van der Waals surface area contributed by atoms with E-state index in [9.17, 15) is 13.5 Å². The fourth-order valence-electron chi connectivity index (χ4n) is 2.16. The second-order valence-corrected chi connectivity index (χ2v) is 8.32. The molecule has 8 heteroatoms. The SMILES string of the molecule is COc1ccccc1OCC(O)CN(C)S(=O)(=O)c1ccc(Br)cc1. The Hall–Kier alpha value is -1.61.